The van der Waals surface area contributed by atoms with Crippen LogP contribution in [-0.4, -0.2) is 52.0 Å². The molecule has 0 aliphatic rings. The molecular weight excluding hydrogens is 262 g/mol. The molecule has 7 heteroatoms. The maximum Gasteiger partial charge on any atom is 0.360 e. The third-order valence-electron chi connectivity index (χ3n) is 2.69. The summed E-state index contributed by atoms with van der Waals surface area (Å²) in [7, 11) is 0. The number of aliphatic hydroxyl groups excluding tert-OH is 1. The summed E-state index contributed by atoms with van der Waals surface area (Å²) in [5.74, 6) is -0.439. The van der Waals surface area contributed by atoms with Crippen LogP contribution in [0, 0.1) is 0 Å². The van der Waals surface area contributed by atoms with Crippen molar-refractivity contribution in [2.24, 2.45) is 0 Å². The molecule has 0 aliphatic heterocycles. The molecule has 7 nitrogen and oxygen atoms in total. The Balaban J connectivity index is 2.89. The summed E-state index contributed by atoms with van der Waals surface area (Å²) in [6.07, 6.45) is -0.691. The Morgan fingerprint density at radius 1 is 1.35 bits per heavy atom. The molecule has 0 aromatic carbocycles. The molecule has 1 aromatic rings. The van der Waals surface area contributed by atoms with Crippen molar-refractivity contribution in [2.45, 2.75) is 46.3 Å². The molecule has 0 saturated carbocycles. The fourth-order valence-corrected chi connectivity index (χ4v) is 1.88. The Labute approximate surface area is 118 Å². The molecule has 1 rings (SSSR count). The van der Waals surface area contributed by atoms with Crippen molar-refractivity contribution < 1.29 is 19.4 Å². The summed E-state index contributed by atoms with van der Waals surface area (Å²) >= 11 is 0. The van der Waals surface area contributed by atoms with Gasteiger partial charge in [0.1, 0.15) is 0 Å². The molecule has 1 N–H and O–H groups in total. The first kappa shape index (κ1) is 16.6. The van der Waals surface area contributed by atoms with E-state index in [4.69, 9.17) is 9.47 Å². The topological polar surface area (TPSA) is 86.5 Å². The normalized spacial score (nSPS) is 12.7. The minimum absolute atomic E-state index is 0.0451. The van der Waals surface area contributed by atoms with Gasteiger partial charge in [0.15, 0.2) is 5.69 Å². The van der Waals surface area contributed by atoms with Crippen molar-refractivity contribution in [3.05, 3.63) is 11.4 Å². The first-order valence-electron chi connectivity index (χ1n) is 6.87. The van der Waals surface area contributed by atoms with Crippen LogP contribution in [0.4, 0.5) is 0 Å². The van der Waals surface area contributed by atoms with Crippen LogP contribution in [-0.2, 0) is 16.0 Å². The lowest BCUT2D eigenvalue weighted by Gasteiger charge is -2.14. The van der Waals surface area contributed by atoms with Gasteiger partial charge in [0.05, 0.1) is 31.6 Å². The number of hydrogen-bond acceptors (Lipinski definition) is 6. The minimum atomic E-state index is -0.691. The highest BCUT2D eigenvalue weighted by molar-refractivity contribution is 5.88. The van der Waals surface area contributed by atoms with Gasteiger partial charge in [-0.25, -0.2) is 9.48 Å². The van der Waals surface area contributed by atoms with E-state index in [2.05, 4.69) is 10.3 Å². The number of nitrogens with zero attached hydrogens (tertiary/aromatic N) is 3. The van der Waals surface area contributed by atoms with E-state index < -0.39 is 12.1 Å². The molecule has 1 atom stereocenters. The van der Waals surface area contributed by atoms with Gasteiger partial charge >= 0.3 is 5.97 Å². The molecule has 0 radical (unpaired) electrons. The van der Waals surface area contributed by atoms with E-state index in [-0.39, 0.29) is 31.4 Å². The average Bonchev–Trinajstić information content (AvgIpc) is 2.80. The Morgan fingerprint density at radius 2 is 2.05 bits per heavy atom. The number of hydrogen-bond donors (Lipinski definition) is 1. The van der Waals surface area contributed by atoms with Crippen molar-refractivity contribution in [3.63, 3.8) is 0 Å². The summed E-state index contributed by atoms with van der Waals surface area (Å²) in [6.45, 7) is 8.77. The molecular formula is C13H23N3O4. The molecule has 0 amide bonds. The summed E-state index contributed by atoms with van der Waals surface area (Å²) in [5.41, 5.74) is 0.879. The first-order valence-corrected chi connectivity index (χ1v) is 6.87. The molecule has 0 fully saturated rings. The lowest BCUT2D eigenvalue weighted by molar-refractivity contribution is 0.0307. The monoisotopic (exact) mass is 285 g/mol. The second-order valence-corrected chi connectivity index (χ2v) is 4.69. The lowest BCUT2D eigenvalue weighted by Crippen LogP contribution is -2.24. The molecule has 0 aliphatic carbocycles. The number of ether oxygens (including phenoxy) is 2. The van der Waals surface area contributed by atoms with Gasteiger partial charge in [0.2, 0.25) is 0 Å². The second kappa shape index (κ2) is 7.96. The van der Waals surface area contributed by atoms with Crippen molar-refractivity contribution in [2.75, 3.05) is 19.8 Å². The van der Waals surface area contributed by atoms with Gasteiger partial charge in [0, 0.05) is 6.61 Å². The number of carbonyl (C=O) groups is 1. The van der Waals surface area contributed by atoms with E-state index in [0.717, 1.165) is 0 Å². The zero-order valence-electron chi connectivity index (χ0n) is 12.5. The molecule has 1 unspecified atom stereocenters. The highest BCUT2D eigenvalue weighted by Crippen LogP contribution is 2.18. The van der Waals surface area contributed by atoms with Crippen LogP contribution >= 0.6 is 0 Å². The quantitative estimate of drug-likeness (QED) is 0.716. The first-order chi connectivity index (χ1) is 9.51. The van der Waals surface area contributed by atoms with Crippen LogP contribution in [0.15, 0.2) is 0 Å². The molecule has 114 valence electrons. The Bertz CT molecular complexity index is 431. The molecule has 20 heavy (non-hydrogen) atoms. The SMILES string of the molecule is CCOCC(O)Cn1nnc(C(=O)OCC)c1C(C)C. The average molecular weight is 285 g/mol. The third kappa shape index (κ3) is 4.28. The highest BCUT2D eigenvalue weighted by atomic mass is 16.5. The molecule has 1 heterocycles. The van der Waals surface area contributed by atoms with Crippen molar-refractivity contribution in [1.82, 2.24) is 15.0 Å². The van der Waals surface area contributed by atoms with Crippen LogP contribution in [0.3, 0.4) is 0 Å². The maximum atomic E-state index is 11.8. The van der Waals surface area contributed by atoms with Gasteiger partial charge in [-0.1, -0.05) is 19.1 Å². The van der Waals surface area contributed by atoms with Gasteiger partial charge in [-0.2, -0.15) is 0 Å². The predicted octanol–water partition coefficient (Wildman–Crippen LogP) is 0.976. The fraction of sp³-hybridized carbons (Fsp3) is 0.769. The van der Waals surface area contributed by atoms with Crippen LogP contribution in [0.2, 0.25) is 0 Å². The Hall–Kier alpha value is -1.47. The Morgan fingerprint density at radius 3 is 2.60 bits per heavy atom. The number of rotatable bonds is 8. The number of aliphatic hydroxyl groups is 1. The summed E-state index contributed by atoms with van der Waals surface area (Å²) < 4.78 is 11.7. The van der Waals surface area contributed by atoms with Gasteiger partial charge in [-0.05, 0) is 19.8 Å². The van der Waals surface area contributed by atoms with Crippen LogP contribution in [0.5, 0.6) is 0 Å². The number of aromatic nitrogens is 3. The Kier molecular flexibility index (Phi) is 6.60. The van der Waals surface area contributed by atoms with E-state index in [1.165, 1.54) is 0 Å². The summed E-state index contributed by atoms with van der Waals surface area (Å²) in [4.78, 5) is 11.8. The van der Waals surface area contributed by atoms with E-state index in [9.17, 15) is 9.90 Å². The van der Waals surface area contributed by atoms with Crippen LogP contribution in [0.1, 0.15) is 49.8 Å². The van der Waals surface area contributed by atoms with Crippen molar-refractivity contribution in [1.29, 1.82) is 0 Å². The van der Waals surface area contributed by atoms with Gasteiger partial charge in [0.25, 0.3) is 0 Å². The summed E-state index contributed by atoms with van der Waals surface area (Å²) in [6, 6.07) is 0. The van der Waals surface area contributed by atoms with E-state index in [0.29, 0.717) is 12.3 Å². The van der Waals surface area contributed by atoms with E-state index in [1.807, 2.05) is 20.8 Å². The number of carbonyl (C=O) groups excluding carboxylic acids is 1. The predicted molar refractivity (Wildman–Crippen MR) is 72.6 cm³/mol. The second-order valence-electron chi connectivity index (χ2n) is 4.69. The maximum absolute atomic E-state index is 11.8. The van der Waals surface area contributed by atoms with Gasteiger partial charge in [-0.15, -0.1) is 5.10 Å². The van der Waals surface area contributed by atoms with Crippen molar-refractivity contribution >= 4 is 5.97 Å². The molecule has 1 aromatic heterocycles. The van der Waals surface area contributed by atoms with E-state index >= 15 is 0 Å². The fourth-order valence-electron chi connectivity index (χ4n) is 1.88. The molecule has 0 saturated heterocycles. The zero-order valence-corrected chi connectivity index (χ0v) is 12.5. The number of esters is 1. The van der Waals surface area contributed by atoms with Crippen molar-refractivity contribution in [3.8, 4) is 0 Å². The van der Waals surface area contributed by atoms with Gasteiger partial charge in [-0.3, -0.25) is 0 Å². The summed E-state index contributed by atoms with van der Waals surface area (Å²) in [5, 5.41) is 17.7. The smallest absolute Gasteiger partial charge is 0.360 e. The highest BCUT2D eigenvalue weighted by Gasteiger charge is 2.24. The largest absolute Gasteiger partial charge is 0.461 e. The van der Waals surface area contributed by atoms with Crippen LogP contribution < -0.4 is 0 Å². The minimum Gasteiger partial charge on any atom is -0.461 e. The van der Waals surface area contributed by atoms with Gasteiger partial charge < -0.3 is 14.6 Å². The lowest BCUT2D eigenvalue weighted by atomic mass is 10.1. The standard InChI is InChI=1S/C13H23N3O4/c1-5-19-8-10(17)7-16-12(9(3)4)11(14-15-16)13(18)20-6-2/h9-10,17H,5-8H2,1-4H3. The van der Waals surface area contributed by atoms with Crippen LogP contribution in [0.25, 0.3) is 0 Å². The third-order valence-corrected chi connectivity index (χ3v) is 2.69. The molecule has 0 spiro atoms. The molecule has 0 bridgehead atoms. The zero-order chi connectivity index (χ0) is 15.1. The van der Waals surface area contributed by atoms with E-state index in [1.54, 1.807) is 11.6 Å².